The Balaban J connectivity index is 1.93. The number of ether oxygens (including phenoxy) is 1. The Morgan fingerprint density at radius 1 is 1.38 bits per heavy atom. The largest absolute Gasteiger partial charge is 0.494 e. The van der Waals surface area contributed by atoms with E-state index in [2.05, 4.69) is 23.9 Å². The molecule has 0 spiro atoms. The fourth-order valence-corrected chi connectivity index (χ4v) is 3.20. The summed E-state index contributed by atoms with van der Waals surface area (Å²) >= 11 is 6.09. The van der Waals surface area contributed by atoms with Crippen LogP contribution >= 0.6 is 11.6 Å². The number of halogens is 1. The van der Waals surface area contributed by atoms with E-state index >= 15 is 0 Å². The van der Waals surface area contributed by atoms with Crippen molar-refractivity contribution in [2.45, 2.75) is 25.9 Å². The van der Waals surface area contributed by atoms with Gasteiger partial charge < -0.3 is 14.5 Å². The third-order valence-electron chi connectivity index (χ3n) is 4.49. The minimum Gasteiger partial charge on any atom is -0.494 e. The van der Waals surface area contributed by atoms with Crippen molar-refractivity contribution in [3.8, 4) is 5.75 Å². The van der Waals surface area contributed by atoms with Crippen LogP contribution in [0.25, 0.3) is 0 Å². The van der Waals surface area contributed by atoms with Crippen molar-refractivity contribution >= 4 is 17.5 Å². The van der Waals surface area contributed by atoms with Crippen LogP contribution in [0.1, 0.15) is 18.9 Å². The third-order valence-corrected chi connectivity index (χ3v) is 4.73. The van der Waals surface area contributed by atoms with Crippen molar-refractivity contribution in [1.82, 2.24) is 14.7 Å². The second-order valence-electron chi connectivity index (χ2n) is 6.58. The van der Waals surface area contributed by atoms with Gasteiger partial charge in [0.15, 0.2) is 0 Å². The van der Waals surface area contributed by atoms with Crippen molar-refractivity contribution in [2.75, 3.05) is 47.4 Å². The van der Waals surface area contributed by atoms with E-state index in [1.807, 2.05) is 32.2 Å². The number of likely N-dealkylation sites (N-methyl/N-ethyl adjacent to an activating group) is 2. The van der Waals surface area contributed by atoms with E-state index in [0.29, 0.717) is 30.8 Å². The lowest BCUT2D eigenvalue weighted by Crippen LogP contribution is -2.39. The first-order valence-corrected chi connectivity index (χ1v) is 8.82. The number of benzene rings is 1. The number of hydrogen-bond donors (Lipinski definition) is 0. The quantitative estimate of drug-likeness (QED) is 0.753. The molecule has 1 aliphatic rings. The molecule has 1 fully saturated rings. The Kier molecular flexibility index (Phi) is 6.90. The van der Waals surface area contributed by atoms with Gasteiger partial charge in [-0.3, -0.25) is 9.69 Å². The van der Waals surface area contributed by atoms with Gasteiger partial charge in [0.05, 0.1) is 13.2 Å². The zero-order valence-electron chi connectivity index (χ0n) is 15.1. The average molecular weight is 354 g/mol. The summed E-state index contributed by atoms with van der Waals surface area (Å²) in [5.74, 6) is 0.909. The van der Waals surface area contributed by atoms with Crippen molar-refractivity contribution in [3.05, 3.63) is 28.8 Å². The fraction of sp³-hybridized carbons (Fsp3) is 0.611. The van der Waals surface area contributed by atoms with Crippen molar-refractivity contribution < 1.29 is 9.53 Å². The van der Waals surface area contributed by atoms with Gasteiger partial charge in [-0.05, 0) is 45.6 Å². The summed E-state index contributed by atoms with van der Waals surface area (Å²) in [6, 6.07) is 6.08. The second-order valence-corrected chi connectivity index (χ2v) is 7.01. The minimum atomic E-state index is 0.122. The average Bonchev–Trinajstić information content (AvgIpc) is 2.99. The van der Waals surface area contributed by atoms with Gasteiger partial charge in [0.25, 0.3) is 0 Å². The van der Waals surface area contributed by atoms with Crippen molar-refractivity contribution in [3.63, 3.8) is 0 Å². The van der Waals surface area contributed by atoms with E-state index in [-0.39, 0.29) is 5.91 Å². The van der Waals surface area contributed by atoms with Crippen LogP contribution in [0.2, 0.25) is 5.02 Å². The van der Waals surface area contributed by atoms with Gasteiger partial charge in [-0.2, -0.15) is 0 Å². The van der Waals surface area contributed by atoms with Gasteiger partial charge in [0.2, 0.25) is 5.91 Å². The molecule has 5 nitrogen and oxygen atoms in total. The molecule has 0 aliphatic carbocycles. The molecule has 24 heavy (non-hydrogen) atoms. The van der Waals surface area contributed by atoms with Gasteiger partial charge in [0, 0.05) is 43.3 Å². The zero-order valence-corrected chi connectivity index (χ0v) is 15.8. The van der Waals surface area contributed by atoms with Gasteiger partial charge in [-0.15, -0.1) is 0 Å². The molecular weight excluding hydrogens is 326 g/mol. The Hall–Kier alpha value is -1.30. The van der Waals surface area contributed by atoms with Crippen LogP contribution in [0.15, 0.2) is 18.2 Å². The number of rotatable bonds is 7. The summed E-state index contributed by atoms with van der Waals surface area (Å²) in [4.78, 5) is 18.7. The SMILES string of the molecule is CCOc1ccc(Cl)cc1CN(C)C(=O)CN1CC[C@H](N(C)C)C1. The van der Waals surface area contributed by atoms with Crippen LogP contribution < -0.4 is 4.74 Å². The molecular formula is C18H28ClN3O2. The van der Waals surface area contributed by atoms with Crippen molar-refractivity contribution in [1.29, 1.82) is 0 Å². The molecule has 1 aliphatic heterocycles. The monoisotopic (exact) mass is 353 g/mol. The maximum absolute atomic E-state index is 12.5. The predicted molar refractivity (Wildman–Crippen MR) is 97.6 cm³/mol. The molecule has 6 heteroatoms. The normalized spacial score (nSPS) is 18.2. The van der Waals surface area contributed by atoms with Gasteiger partial charge >= 0.3 is 0 Å². The molecule has 1 saturated heterocycles. The maximum atomic E-state index is 12.5. The molecule has 2 rings (SSSR count). The van der Waals surface area contributed by atoms with Crippen LogP contribution in [-0.2, 0) is 11.3 Å². The van der Waals surface area contributed by atoms with Crippen LogP contribution in [0.5, 0.6) is 5.75 Å². The standard InChI is InChI=1S/C18H28ClN3O2/c1-5-24-17-7-6-15(19)10-14(17)11-21(4)18(23)13-22-9-8-16(12-22)20(2)3/h6-7,10,16H,5,8-9,11-13H2,1-4H3/t16-/m0/s1. The Bertz CT molecular complexity index is 565. The summed E-state index contributed by atoms with van der Waals surface area (Å²) in [5, 5.41) is 0.655. The number of nitrogens with zero attached hydrogens (tertiary/aromatic N) is 3. The molecule has 1 amide bonds. The number of carbonyl (C=O) groups excluding carboxylic acids is 1. The summed E-state index contributed by atoms with van der Waals surface area (Å²) in [5.41, 5.74) is 0.938. The highest BCUT2D eigenvalue weighted by molar-refractivity contribution is 6.30. The number of carbonyl (C=O) groups is 1. The topological polar surface area (TPSA) is 36.0 Å². The van der Waals surface area contributed by atoms with Gasteiger partial charge in [0.1, 0.15) is 5.75 Å². The van der Waals surface area contributed by atoms with Crippen LogP contribution in [0.3, 0.4) is 0 Å². The summed E-state index contributed by atoms with van der Waals surface area (Å²) in [6.07, 6.45) is 1.12. The molecule has 134 valence electrons. The first-order chi connectivity index (χ1) is 11.4. The highest BCUT2D eigenvalue weighted by Gasteiger charge is 2.26. The molecule has 1 heterocycles. The lowest BCUT2D eigenvalue weighted by molar-refractivity contribution is -0.131. The Morgan fingerprint density at radius 2 is 2.12 bits per heavy atom. The summed E-state index contributed by atoms with van der Waals surface area (Å²) < 4.78 is 5.63. The van der Waals surface area contributed by atoms with Crippen molar-refractivity contribution in [2.24, 2.45) is 0 Å². The lowest BCUT2D eigenvalue weighted by Gasteiger charge is -2.23. The van der Waals surface area contributed by atoms with Gasteiger partial charge in [-0.1, -0.05) is 11.6 Å². The number of amides is 1. The molecule has 0 bridgehead atoms. The molecule has 0 N–H and O–H groups in total. The highest BCUT2D eigenvalue weighted by Crippen LogP contribution is 2.24. The molecule has 1 atom stereocenters. The van der Waals surface area contributed by atoms with E-state index in [0.717, 1.165) is 30.8 Å². The molecule has 0 saturated carbocycles. The highest BCUT2D eigenvalue weighted by atomic mass is 35.5. The maximum Gasteiger partial charge on any atom is 0.236 e. The molecule has 0 radical (unpaired) electrons. The Morgan fingerprint density at radius 3 is 2.75 bits per heavy atom. The van der Waals surface area contributed by atoms with Crippen LogP contribution in [0.4, 0.5) is 0 Å². The smallest absolute Gasteiger partial charge is 0.236 e. The van der Waals surface area contributed by atoms with E-state index < -0.39 is 0 Å². The third kappa shape index (κ3) is 5.10. The predicted octanol–water partition coefficient (Wildman–Crippen LogP) is 2.33. The molecule has 1 aromatic carbocycles. The minimum absolute atomic E-state index is 0.122. The number of likely N-dealkylation sites (tertiary alicyclic amines) is 1. The van der Waals surface area contributed by atoms with E-state index in [9.17, 15) is 4.79 Å². The van der Waals surface area contributed by atoms with E-state index in [4.69, 9.17) is 16.3 Å². The molecule has 0 unspecified atom stereocenters. The first-order valence-electron chi connectivity index (χ1n) is 8.44. The summed E-state index contributed by atoms with van der Waals surface area (Å²) in [6.45, 7) is 5.43. The summed E-state index contributed by atoms with van der Waals surface area (Å²) in [7, 11) is 6.02. The molecule has 1 aromatic rings. The second kappa shape index (κ2) is 8.70. The molecule has 0 aromatic heterocycles. The Labute approximate surface area is 150 Å². The van der Waals surface area contributed by atoms with Crippen LogP contribution in [0, 0.1) is 0 Å². The fourth-order valence-electron chi connectivity index (χ4n) is 3.00. The van der Waals surface area contributed by atoms with Gasteiger partial charge in [-0.25, -0.2) is 0 Å². The zero-order chi connectivity index (χ0) is 17.7. The first kappa shape index (κ1) is 19.0. The van der Waals surface area contributed by atoms with Crippen LogP contribution in [-0.4, -0.2) is 74.0 Å². The lowest BCUT2D eigenvalue weighted by atomic mass is 10.2. The number of hydrogen-bond acceptors (Lipinski definition) is 4. The van der Waals surface area contributed by atoms with E-state index in [1.54, 1.807) is 4.90 Å². The van der Waals surface area contributed by atoms with E-state index in [1.165, 1.54) is 0 Å².